The van der Waals surface area contributed by atoms with Crippen molar-refractivity contribution in [2.45, 2.75) is 65.0 Å². The fraction of sp³-hybridized carbons (Fsp3) is 0.938. The number of carbonyl (C=O) groups is 1. The molecule has 118 valence electrons. The maximum Gasteiger partial charge on any atom is 0.327 e. The second kappa shape index (κ2) is 7.99. The van der Waals surface area contributed by atoms with E-state index in [1.54, 1.807) is 0 Å². The van der Waals surface area contributed by atoms with Crippen molar-refractivity contribution < 1.29 is 9.53 Å². The molecule has 0 aromatic heterocycles. The lowest BCUT2D eigenvalue weighted by molar-refractivity contribution is -0.151. The normalized spacial score (nSPS) is 26.3. The Labute approximate surface area is 124 Å². The van der Waals surface area contributed by atoms with Crippen molar-refractivity contribution in [1.82, 2.24) is 10.2 Å². The summed E-state index contributed by atoms with van der Waals surface area (Å²) in [6.07, 6.45) is 5.07. The lowest BCUT2D eigenvalue weighted by Gasteiger charge is -2.38. The Morgan fingerprint density at radius 2 is 1.90 bits per heavy atom. The van der Waals surface area contributed by atoms with Crippen LogP contribution in [-0.2, 0) is 9.53 Å². The van der Waals surface area contributed by atoms with Crippen molar-refractivity contribution in [3.63, 3.8) is 0 Å². The minimum atomic E-state index is -0.609. The Morgan fingerprint density at radius 3 is 2.40 bits per heavy atom. The zero-order chi connectivity index (χ0) is 15.2. The smallest absolute Gasteiger partial charge is 0.327 e. The molecule has 0 aromatic carbocycles. The van der Waals surface area contributed by atoms with Crippen molar-refractivity contribution in [2.24, 2.45) is 5.92 Å². The Morgan fingerprint density at radius 1 is 1.30 bits per heavy atom. The third-order valence-electron chi connectivity index (χ3n) is 4.47. The summed E-state index contributed by atoms with van der Waals surface area (Å²) in [7, 11) is 2.13. The van der Waals surface area contributed by atoms with E-state index in [-0.39, 0.29) is 5.97 Å². The monoisotopic (exact) mass is 284 g/mol. The van der Waals surface area contributed by atoms with Crippen LogP contribution in [0.5, 0.6) is 0 Å². The molecule has 1 aliphatic rings. The molecule has 0 saturated heterocycles. The number of hydrogen-bond donors (Lipinski definition) is 1. The highest BCUT2D eigenvalue weighted by Crippen LogP contribution is 2.27. The van der Waals surface area contributed by atoms with Crippen LogP contribution in [0, 0.1) is 5.92 Å². The summed E-state index contributed by atoms with van der Waals surface area (Å²) >= 11 is 0. The van der Waals surface area contributed by atoms with E-state index in [9.17, 15) is 4.79 Å². The number of likely N-dealkylation sites (N-methyl/N-ethyl adjacent to an activating group) is 2. The van der Waals surface area contributed by atoms with Crippen LogP contribution in [0.25, 0.3) is 0 Å². The van der Waals surface area contributed by atoms with Gasteiger partial charge in [-0.25, -0.2) is 0 Å². The van der Waals surface area contributed by atoms with Gasteiger partial charge in [-0.1, -0.05) is 13.8 Å². The first-order valence-electron chi connectivity index (χ1n) is 8.05. The Bertz CT molecular complexity index is 301. The van der Waals surface area contributed by atoms with E-state index >= 15 is 0 Å². The van der Waals surface area contributed by atoms with E-state index in [2.05, 4.69) is 24.2 Å². The number of nitrogens with zero attached hydrogens (tertiary/aromatic N) is 1. The van der Waals surface area contributed by atoms with Crippen LogP contribution in [0.2, 0.25) is 0 Å². The maximum atomic E-state index is 12.2. The number of esters is 1. The molecule has 20 heavy (non-hydrogen) atoms. The van der Waals surface area contributed by atoms with Gasteiger partial charge in [0.05, 0.1) is 6.61 Å². The summed E-state index contributed by atoms with van der Waals surface area (Å²) in [4.78, 5) is 14.6. The van der Waals surface area contributed by atoms with Crippen LogP contribution in [-0.4, -0.2) is 49.2 Å². The molecule has 1 atom stereocenters. The number of rotatable bonds is 7. The van der Waals surface area contributed by atoms with Gasteiger partial charge in [-0.3, -0.25) is 4.79 Å². The molecule has 0 spiro atoms. The number of nitrogens with one attached hydrogen (secondary N) is 1. The topological polar surface area (TPSA) is 41.6 Å². The first-order chi connectivity index (χ1) is 9.42. The highest BCUT2D eigenvalue weighted by Gasteiger charge is 2.36. The molecular formula is C16H32N2O2. The first-order valence-corrected chi connectivity index (χ1v) is 8.05. The average Bonchev–Trinajstić information content (AvgIpc) is 2.39. The molecule has 1 aliphatic carbocycles. The third kappa shape index (κ3) is 4.74. The highest BCUT2D eigenvalue weighted by molar-refractivity contribution is 5.80. The van der Waals surface area contributed by atoms with Crippen LogP contribution in [0.15, 0.2) is 0 Å². The van der Waals surface area contributed by atoms with Gasteiger partial charge in [-0.2, -0.15) is 0 Å². The van der Waals surface area contributed by atoms with Crippen molar-refractivity contribution in [2.75, 3.05) is 26.7 Å². The van der Waals surface area contributed by atoms with Crippen LogP contribution >= 0.6 is 0 Å². The molecule has 0 heterocycles. The number of hydrogen-bond acceptors (Lipinski definition) is 4. The average molecular weight is 284 g/mol. The minimum Gasteiger partial charge on any atom is -0.465 e. The van der Waals surface area contributed by atoms with Crippen LogP contribution in [0.3, 0.4) is 0 Å². The van der Waals surface area contributed by atoms with E-state index in [1.807, 2.05) is 20.8 Å². The van der Waals surface area contributed by atoms with Crippen LogP contribution in [0.4, 0.5) is 0 Å². The molecule has 1 unspecified atom stereocenters. The maximum absolute atomic E-state index is 12.2. The number of ether oxygens (including phenoxy) is 1. The summed E-state index contributed by atoms with van der Waals surface area (Å²) in [5, 5.41) is 3.31. The molecule has 1 saturated carbocycles. The SMILES string of the molecule is CCNC(C)(CN(C)C1CCC(C)CC1)C(=O)OCC. The van der Waals surface area contributed by atoms with Gasteiger partial charge in [0.2, 0.25) is 0 Å². The molecule has 0 radical (unpaired) electrons. The van der Waals surface area contributed by atoms with E-state index in [0.717, 1.165) is 12.5 Å². The van der Waals surface area contributed by atoms with Crippen molar-refractivity contribution >= 4 is 5.97 Å². The molecule has 0 bridgehead atoms. The van der Waals surface area contributed by atoms with E-state index < -0.39 is 5.54 Å². The van der Waals surface area contributed by atoms with Crippen molar-refractivity contribution in [1.29, 1.82) is 0 Å². The largest absolute Gasteiger partial charge is 0.465 e. The number of carbonyl (C=O) groups excluding carboxylic acids is 1. The molecule has 4 heteroatoms. The third-order valence-corrected chi connectivity index (χ3v) is 4.47. The van der Waals surface area contributed by atoms with E-state index in [4.69, 9.17) is 4.74 Å². The first kappa shape index (κ1) is 17.4. The lowest BCUT2D eigenvalue weighted by atomic mass is 9.86. The van der Waals surface area contributed by atoms with E-state index in [1.165, 1.54) is 25.7 Å². The van der Waals surface area contributed by atoms with Crippen molar-refractivity contribution in [3.8, 4) is 0 Å². The zero-order valence-corrected chi connectivity index (χ0v) is 13.9. The molecule has 1 N–H and O–H groups in total. The van der Waals surface area contributed by atoms with Gasteiger partial charge in [-0.05, 0) is 59.0 Å². The molecule has 1 rings (SSSR count). The highest BCUT2D eigenvalue weighted by atomic mass is 16.5. The second-order valence-electron chi connectivity index (χ2n) is 6.41. The summed E-state index contributed by atoms with van der Waals surface area (Å²) in [5.74, 6) is 0.711. The summed E-state index contributed by atoms with van der Waals surface area (Å²) in [6, 6.07) is 0.596. The predicted molar refractivity (Wildman–Crippen MR) is 82.8 cm³/mol. The van der Waals surface area contributed by atoms with Gasteiger partial charge < -0.3 is 15.0 Å². The summed E-state index contributed by atoms with van der Waals surface area (Å²) in [5.41, 5.74) is -0.609. The van der Waals surface area contributed by atoms with Crippen molar-refractivity contribution in [3.05, 3.63) is 0 Å². The minimum absolute atomic E-state index is 0.141. The quantitative estimate of drug-likeness (QED) is 0.729. The van der Waals surface area contributed by atoms with Gasteiger partial charge in [0.1, 0.15) is 5.54 Å². The fourth-order valence-electron chi connectivity index (χ4n) is 3.18. The Hall–Kier alpha value is -0.610. The van der Waals surface area contributed by atoms with Gasteiger partial charge in [0.25, 0.3) is 0 Å². The second-order valence-corrected chi connectivity index (χ2v) is 6.41. The van der Waals surface area contributed by atoms with Gasteiger partial charge in [0.15, 0.2) is 0 Å². The van der Waals surface area contributed by atoms with Gasteiger partial charge in [-0.15, -0.1) is 0 Å². The molecule has 0 aromatic rings. The van der Waals surface area contributed by atoms with Crippen LogP contribution in [0.1, 0.15) is 53.4 Å². The molecular weight excluding hydrogens is 252 g/mol. The molecule has 1 fully saturated rings. The summed E-state index contributed by atoms with van der Waals surface area (Å²) in [6.45, 7) is 10.1. The lowest BCUT2D eigenvalue weighted by Crippen LogP contribution is -2.58. The molecule has 4 nitrogen and oxygen atoms in total. The van der Waals surface area contributed by atoms with Crippen LogP contribution < -0.4 is 5.32 Å². The standard InChI is InChI=1S/C16H32N2O2/c1-6-17-16(4,15(19)20-7-2)12-18(5)14-10-8-13(3)9-11-14/h13-14,17H,6-12H2,1-5H3. The van der Waals surface area contributed by atoms with Gasteiger partial charge >= 0.3 is 5.97 Å². The Balaban J connectivity index is 2.62. The zero-order valence-electron chi connectivity index (χ0n) is 13.9. The summed E-state index contributed by atoms with van der Waals surface area (Å²) < 4.78 is 5.24. The van der Waals surface area contributed by atoms with E-state index in [0.29, 0.717) is 19.2 Å². The Kier molecular flexibility index (Phi) is 6.96. The van der Waals surface area contributed by atoms with Gasteiger partial charge in [0, 0.05) is 12.6 Å². The molecule has 0 amide bonds. The predicted octanol–water partition coefficient (Wildman–Crippen LogP) is 2.43. The molecule has 0 aliphatic heterocycles. The fourth-order valence-corrected chi connectivity index (χ4v) is 3.18.